The quantitative estimate of drug-likeness (QED) is 0.210. The fraction of sp³-hybridized carbons (Fsp3) is 0.333. The summed E-state index contributed by atoms with van der Waals surface area (Å²) in [5, 5.41) is 25.5. The van der Waals surface area contributed by atoms with Crippen molar-refractivity contribution in [3.63, 3.8) is 0 Å². The molecular formula is C24H27N9O3S. The van der Waals surface area contributed by atoms with Gasteiger partial charge in [0, 0.05) is 44.3 Å². The van der Waals surface area contributed by atoms with Gasteiger partial charge in [0.05, 0.1) is 29.9 Å². The lowest BCUT2D eigenvalue weighted by atomic mass is 10.2. The van der Waals surface area contributed by atoms with Crippen molar-refractivity contribution >= 4 is 45.0 Å². The van der Waals surface area contributed by atoms with Crippen LogP contribution >= 0.6 is 11.5 Å². The molecule has 37 heavy (non-hydrogen) atoms. The van der Waals surface area contributed by atoms with Crippen molar-refractivity contribution in [2.24, 2.45) is 0 Å². The molecule has 12 nitrogen and oxygen atoms in total. The molecule has 0 atom stereocenters. The Bertz CT molecular complexity index is 1460. The van der Waals surface area contributed by atoms with E-state index in [4.69, 9.17) is 10.1 Å². The fourth-order valence-corrected chi connectivity index (χ4v) is 4.98. The van der Waals surface area contributed by atoms with Gasteiger partial charge in [-0.1, -0.05) is 0 Å². The Kier molecular flexibility index (Phi) is 7.08. The lowest BCUT2D eigenvalue weighted by molar-refractivity contribution is 0.0389. The zero-order valence-electron chi connectivity index (χ0n) is 20.5. The molecule has 1 aliphatic rings. The minimum atomic E-state index is -0.320. The fourth-order valence-electron chi connectivity index (χ4n) is 4.26. The van der Waals surface area contributed by atoms with E-state index in [1.807, 2.05) is 13.8 Å². The summed E-state index contributed by atoms with van der Waals surface area (Å²) in [5.41, 5.74) is 3.11. The summed E-state index contributed by atoms with van der Waals surface area (Å²) in [5.74, 6) is 0.159. The monoisotopic (exact) mass is 521 g/mol. The summed E-state index contributed by atoms with van der Waals surface area (Å²) >= 11 is 1.03. The average Bonchev–Trinajstić information content (AvgIpc) is 3.48. The zero-order valence-corrected chi connectivity index (χ0v) is 21.3. The number of nitrogens with one attached hydrogen (secondary N) is 3. The van der Waals surface area contributed by atoms with Crippen LogP contribution in [0.25, 0.3) is 11.0 Å². The number of ether oxygens (including phenoxy) is 1. The molecule has 5 heterocycles. The smallest absolute Gasteiger partial charge is 0.281 e. The van der Waals surface area contributed by atoms with E-state index in [-0.39, 0.29) is 28.9 Å². The van der Waals surface area contributed by atoms with E-state index >= 15 is 0 Å². The van der Waals surface area contributed by atoms with Gasteiger partial charge in [-0.25, -0.2) is 9.97 Å². The van der Waals surface area contributed by atoms with Crippen LogP contribution in [0.4, 0.5) is 10.7 Å². The highest BCUT2D eigenvalue weighted by molar-refractivity contribution is 7.11. The van der Waals surface area contributed by atoms with Crippen LogP contribution in [0.5, 0.6) is 5.88 Å². The maximum Gasteiger partial charge on any atom is 0.281 e. The van der Waals surface area contributed by atoms with Crippen LogP contribution in [-0.4, -0.2) is 85.0 Å². The van der Waals surface area contributed by atoms with Gasteiger partial charge in [0.1, 0.15) is 27.9 Å². The predicted octanol–water partition coefficient (Wildman–Crippen LogP) is 2.28. The van der Waals surface area contributed by atoms with Crippen molar-refractivity contribution in [3.05, 3.63) is 53.4 Å². The summed E-state index contributed by atoms with van der Waals surface area (Å²) in [7, 11) is 0. The zero-order chi connectivity index (χ0) is 25.9. The number of amidine groups is 1. The highest BCUT2D eigenvalue weighted by Gasteiger charge is 2.20. The van der Waals surface area contributed by atoms with E-state index in [2.05, 4.69) is 34.9 Å². The molecule has 0 unspecified atom stereocenters. The normalized spacial score (nSPS) is 14.1. The molecule has 4 aromatic heterocycles. The molecular weight excluding hydrogens is 494 g/mol. The Labute approximate surface area is 217 Å². The van der Waals surface area contributed by atoms with E-state index in [9.17, 15) is 9.90 Å². The van der Waals surface area contributed by atoms with Crippen molar-refractivity contribution in [1.82, 2.24) is 34.1 Å². The first kappa shape index (κ1) is 24.7. The number of carbonyl (C=O) groups is 1. The highest BCUT2D eigenvalue weighted by atomic mass is 32.1. The standard InChI is InChI=1S/C24H27N9O3S/c1-14-20-17(29-15(2)28-14)4-7-33(20)24(35)18-13-16(3-5-26-18)30-23-19(22(34)31-37-23)21(25)27-6-8-32-9-11-36-12-10-32/h3-5,7,13H,6,8-12H2,1-2H3,(H2,25,27)(H,26,30)(H,31,34). The Morgan fingerprint density at radius 2 is 2.05 bits per heavy atom. The minimum Gasteiger partial charge on any atom is -0.492 e. The minimum absolute atomic E-state index is 0.0666. The highest BCUT2D eigenvalue weighted by Crippen LogP contribution is 2.32. The number of morpholine rings is 1. The molecule has 0 spiro atoms. The second-order valence-corrected chi connectivity index (χ2v) is 9.38. The summed E-state index contributed by atoms with van der Waals surface area (Å²) < 4.78 is 10.9. The molecule has 4 aromatic rings. The Morgan fingerprint density at radius 3 is 2.86 bits per heavy atom. The van der Waals surface area contributed by atoms with Crippen molar-refractivity contribution in [2.75, 3.05) is 44.7 Å². The van der Waals surface area contributed by atoms with E-state index in [0.717, 1.165) is 31.2 Å². The van der Waals surface area contributed by atoms with Crippen LogP contribution in [-0.2, 0) is 4.74 Å². The third-order valence-corrected chi connectivity index (χ3v) is 6.79. The Hall–Kier alpha value is -3.94. The van der Waals surface area contributed by atoms with Crippen molar-refractivity contribution < 1.29 is 14.6 Å². The summed E-state index contributed by atoms with van der Waals surface area (Å²) in [4.78, 5) is 28.6. The maximum atomic E-state index is 13.3. The van der Waals surface area contributed by atoms with Gasteiger partial charge < -0.3 is 20.5 Å². The number of rotatable bonds is 7. The first-order valence-corrected chi connectivity index (χ1v) is 12.6. The van der Waals surface area contributed by atoms with Crippen molar-refractivity contribution in [3.8, 4) is 5.88 Å². The molecule has 0 aromatic carbocycles. The number of aryl methyl sites for hydroxylation is 2. The molecule has 0 bridgehead atoms. The van der Waals surface area contributed by atoms with Gasteiger partial charge in [0.15, 0.2) is 0 Å². The molecule has 0 radical (unpaired) electrons. The van der Waals surface area contributed by atoms with E-state index in [1.54, 1.807) is 24.4 Å². The first-order valence-electron chi connectivity index (χ1n) is 11.8. The lowest BCUT2D eigenvalue weighted by Crippen LogP contribution is -2.41. The number of anilines is 2. The number of fused-ring (bicyclic) bond motifs is 1. The molecule has 1 saturated heterocycles. The number of hydrogen-bond donors (Lipinski definition) is 4. The summed E-state index contributed by atoms with van der Waals surface area (Å²) in [6.45, 7) is 8.12. The van der Waals surface area contributed by atoms with Gasteiger partial charge in [-0.05, 0) is 43.6 Å². The number of aromatic hydroxyl groups is 1. The molecule has 13 heteroatoms. The predicted molar refractivity (Wildman–Crippen MR) is 140 cm³/mol. The molecule has 0 saturated carbocycles. The average molecular weight is 522 g/mol. The topological polar surface area (TPSA) is 154 Å². The third kappa shape index (κ3) is 5.28. The first-order chi connectivity index (χ1) is 17.9. The van der Waals surface area contributed by atoms with E-state index in [1.165, 1.54) is 10.8 Å². The van der Waals surface area contributed by atoms with Crippen LogP contribution in [0.1, 0.15) is 27.6 Å². The van der Waals surface area contributed by atoms with Crippen LogP contribution in [0, 0.1) is 19.3 Å². The van der Waals surface area contributed by atoms with Crippen molar-refractivity contribution in [2.45, 2.75) is 13.8 Å². The number of aromatic nitrogens is 5. The second kappa shape index (κ2) is 10.6. The van der Waals surface area contributed by atoms with Gasteiger partial charge in [0.25, 0.3) is 5.91 Å². The molecule has 0 amide bonds. The van der Waals surface area contributed by atoms with Crippen LogP contribution in [0.15, 0.2) is 30.6 Å². The number of hydrogen-bond acceptors (Lipinski definition) is 11. The summed E-state index contributed by atoms with van der Waals surface area (Å²) in [6.07, 6.45) is 3.19. The molecule has 0 aliphatic carbocycles. The molecule has 1 fully saturated rings. The number of carbonyl (C=O) groups excluding carboxylic acids is 1. The Balaban J connectivity index is 1.31. The van der Waals surface area contributed by atoms with E-state index in [0.29, 0.717) is 53.0 Å². The Morgan fingerprint density at radius 1 is 1.24 bits per heavy atom. The van der Waals surface area contributed by atoms with Gasteiger partial charge >= 0.3 is 0 Å². The SMILES string of the molecule is Cc1nc(C)c2c(ccn2C(=O)c2cc(Nc3snc(O)c3C(=N)NCCN3CCOCC3)ccn2)n1. The molecule has 1 aliphatic heterocycles. The maximum absolute atomic E-state index is 13.3. The van der Waals surface area contributed by atoms with E-state index < -0.39 is 0 Å². The van der Waals surface area contributed by atoms with Gasteiger partial charge in [-0.15, -0.1) is 0 Å². The largest absolute Gasteiger partial charge is 0.492 e. The number of pyridine rings is 1. The van der Waals surface area contributed by atoms with Gasteiger partial charge in [0.2, 0.25) is 5.88 Å². The second-order valence-electron chi connectivity index (χ2n) is 8.60. The summed E-state index contributed by atoms with van der Waals surface area (Å²) in [6, 6.07) is 5.11. The van der Waals surface area contributed by atoms with Crippen molar-refractivity contribution in [1.29, 1.82) is 5.41 Å². The molecule has 5 rings (SSSR count). The molecule has 192 valence electrons. The molecule has 4 N–H and O–H groups in total. The third-order valence-electron chi connectivity index (χ3n) is 6.03. The lowest BCUT2D eigenvalue weighted by Gasteiger charge is -2.26. The number of nitrogens with zero attached hydrogens (tertiary/aromatic N) is 6. The van der Waals surface area contributed by atoms with Crippen LogP contribution in [0.3, 0.4) is 0 Å². The van der Waals surface area contributed by atoms with Gasteiger partial charge in [-0.2, -0.15) is 4.37 Å². The van der Waals surface area contributed by atoms with Crippen LogP contribution < -0.4 is 10.6 Å². The van der Waals surface area contributed by atoms with Crippen LogP contribution in [0.2, 0.25) is 0 Å². The van der Waals surface area contributed by atoms with Gasteiger partial charge in [-0.3, -0.25) is 24.7 Å².